The number of anilines is 1. The summed E-state index contributed by atoms with van der Waals surface area (Å²) < 4.78 is 10.0. The van der Waals surface area contributed by atoms with E-state index in [1.807, 2.05) is 20.8 Å². The Kier molecular flexibility index (Phi) is 5.41. The second-order valence-electron chi connectivity index (χ2n) is 5.68. The van der Waals surface area contributed by atoms with Gasteiger partial charge in [-0.25, -0.2) is 4.79 Å². The number of ether oxygens (including phenoxy) is 2. The van der Waals surface area contributed by atoms with E-state index in [9.17, 15) is 14.4 Å². The molecule has 7 heteroatoms. The fraction of sp³-hybridized carbons (Fsp3) is 0.562. The molecule has 0 bridgehead atoms. The highest BCUT2D eigenvalue weighted by Gasteiger charge is 2.40. The average molecular weight is 339 g/mol. The molecule has 126 valence electrons. The summed E-state index contributed by atoms with van der Waals surface area (Å²) in [6.45, 7) is 7.28. The third-order valence-corrected chi connectivity index (χ3v) is 5.00. The number of amides is 1. The predicted molar refractivity (Wildman–Crippen MR) is 86.6 cm³/mol. The van der Waals surface area contributed by atoms with E-state index in [-0.39, 0.29) is 25.1 Å². The van der Waals surface area contributed by atoms with Crippen LogP contribution in [0, 0.1) is 25.7 Å². The Morgan fingerprint density at radius 2 is 1.91 bits per heavy atom. The van der Waals surface area contributed by atoms with Gasteiger partial charge in [-0.3, -0.25) is 9.59 Å². The van der Waals surface area contributed by atoms with Gasteiger partial charge in [0, 0.05) is 4.88 Å². The maximum atomic E-state index is 12.0. The van der Waals surface area contributed by atoms with Gasteiger partial charge in [0.05, 0.1) is 18.1 Å². The quantitative estimate of drug-likeness (QED) is 0.806. The first-order valence-corrected chi connectivity index (χ1v) is 8.40. The number of carbonyl (C=O) groups is 3. The van der Waals surface area contributed by atoms with Crippen LogP contribution in [0.5, 0.6) is 0 Å². The second-order valence-corrected chi connectivity index (χ2v) is 6.91. The van der Waals surface area contributed by atoms with Gasteiger partial charge in [-0.05, 0) is 38.7 Å². The van der Waals surface area contributed by atoms with Gasteiger partial charge in [-0.15, -0.1) is 11.3 Å². The van der Waals surface area contributed by atoms with E-state index in [2.05, 4.69) is 5.32 Å². The van der Waals surface area contributed by atoms with Crippen LogP contribution in [0.3, 0.4) is 0 Å². The van der Waals surface area contributed by atoms with Crippen LogP contribution in [0.1, 0.15) is 41.1 Å². The van der Waals surface area contributed by atoms with E-state index in [0.29, 0.717) is 16.5 Å². The molecule has 6 nitrogen and oxygen atoms in total. The summed E-state index contributed by atoms with van der Waals surface area (Å²) in [5, 5.41) is 3.07. The van der Waals surface area contributed by atoms with Crippen LogP contribution in [-0.4, -0.2) is 31.1 Å². The molecule has 0 aliphatic heterocycles. The molecular formula is C16H21NO5S. The number of carbonyl (C=O) groups excluding carboxylic acids is 3. The highest BCUT2D eigenvalue weighted by atomic mass is 32.1. The third-order valence-electron chi connectivity index (χ3n) is 3.88. The van der Waals surface area contributed by atoms with E-state index in [1.165, 1.54) is 11.3 Å². The van der Waals surface area contributed by atoms with Crippen LogP contribution in [0.4, 0.5) is 5.00 Å². The van der Waals surface area contributed by atoms with E-state index < -0.39 is 11.9 Å². The van der Waals surface area contributed by atoms with E-state index >= 15 is 0 Å². The van der Waals surface area contributed by atoms with Gasteiger partial charge in [0.25, 0.3) is 5.91 Å². The van der Waals surface area contributed by atoms with Crippen LogP contribution in [0.2, 0.25) is 0 Å². The lowest BCUT2D eigenvalue weighted by molar-refractivity contribution is -0.148. The fourth-order valence-electron chi connectivity index (χ4n) is 2.22. The Balaban J connectivity index is 1.98. The lowest BCUT2D eigenvalue weighted by Crippen LogP contribution is -2.22. The van der Waals surface area contributed by atoms with Crippen LogP contribution in [0.15, 0.2) is 0 Å². The van der Waals surface area contributed by atoms with Gasteiger partial charge in [0.2, 0.25) is 0 Å². The van der Waals surface area contributed by atoms with Crippen LogP contribution in [0.25, 0.3) is 0 Å². The van der Waals surface area contributed by atoms with Gasteiger partial charge in [-0.1, -0.05) is 6.92 Å². The molecule has 0 unspecified atom stereocenters. The first-order chi connectivity index (χ1) is 10.8. The Bertz CT molecular complexity index is 637. The van der Waals surface area contributed by atoms with Crippen molar-refractivity contribution in [3.63, 3.8) is 0 Å². The molecule has 2 atom stereocenters. The number of thiophene rings is 1. The molecule has 1 aliphatic carbocycles. The molecule has 1 fully saturated rings. The fourth-order valence-corrected chi connectivity index (χ4v) is 3.29. The molecule has 0 saturated heterocycles. The predicted octanol–water partition coefficient (Wildman–Crippen LogP) is 2.68. The first kappa shape index (κ1) is 17.5. The van der Waals surface area contributed by atoms with Crippen LogP contribution in [-0.2, 0) is 19.1 Å². The molecule has 1 aliphatic rings. The molecule has 1 heterocycles. The Labute approximate surface area is 139 Å². The SMILES string of the molecule is CCOC(=O)c1c(NC(=O)COC(=O)[C@@H]2C[C@@H]2C)sc(C)c1C. The molecule has 1 N–H and O–H groups in total. The molecule has 2 rings (SSSR count). The monoisotopic (exact) mass is 339 g/mol. The third kappa shape index (κ3) is 4.10. The molecule has 0 radical (unpaired) electrons. The van der Waals surface area contributed by atoms with Crippen molar-refractivity contribution in [2.24, 2.45) is 11.8 Å². The van der Waals surface area contributed by atoms with Gasteiger partial charge in [-0.2, -0.15) is 0 Å². The zero-order valence-electron chi connectivity index (χ0n) is 13.7. The van der Waals surface area contributed by atoms with Crippen molar-refractivity contribution in [3.05, 3.63) is 16.0 Å². The largest absolute Gasteiger partial charge is 0.462 e. The number of aryl methyl sites for hydroxylation is 1. The zero-order valence-corrected chi connectivity index (χ0v) is 14.5. The minimum absolute atomic E-state index is 0.0795. The van der Waals surface area contributed by atoms with Gasteiger partial charge in [0.15, 0.2) is 6.61 Å². The lowest BCUT2D eigenvalue weighted by atomic mass is 10.1. The highest BCUT2D eigenvalue weighted by molar-refractivity contribution is 7.16. The summed E-state index contributed by atoms with van der Waals surface area (Å²) >= 11 is 1.30. The van der Waals surface area contributed by atoms with Crippen LogP contribution < -0.4 is 5.32 Å². The second kappa shape index (κ2) is 7.12. The minimum Gasteiger partial charge on any atom is -0.462 e. The Morgan fingerprint density at radius 3 is 2.48 bits per heavy atom. The maximum absolute atomic E-state index is 12.0. The number of nitrogens with one attached hydrogen (secondary N) is 1. The minimum atomic E-state index is -0.464. The number of esters is 2. The van der Waals surface area contributed by atoms with Gasteiger partial charge in [0.1, 0.15) is 5.00 Å². The molecule has 1 aromatic heterocycles. The topological polar surface area (TPSA) is 81.7 Å². The lowest BCUT2D eigenvalue weighted by Gasteiger charge is -2.07. The average Bonchev–Trinajstić information content (AvgIpc) is 3.15. The van der Waals surface area contributed by atoms with Crippen molar-refractivity contribution in [2.75, 3.05) is 18.5 Å². The highest BCUT2D eigenvalue weighted by Crippen LogP contribution is 2.38. The molecule has 1 amide bonds. The number of rotatable bonds is 6. The maximum Gasteiger partial charge on any atom is 0.341 e. The zero-order chi connectivity index (χ0) is 17.1. The van der Waals surface area contributed by atoms with Crippen molar-refractivity contribution < 1.29 is 23.9 Å². The van der Waals surface area contributed by atoms with Crippen molar-refractivity contribution in [1.82, 2.24) is 0 Å². The molecule has 1 saturated carbocycles. The Hall–Kier alpha value is -1.89. The molecule has 0 spiro atoms. The summed E-state index contributed by atoms with van der Waals surface area (Å²) in [4.78, 5) is 36.5. The van der Waals surface area contributed by atoms with E-state index in [4.69, 9.17) is 9.47 Å². The molecular weight excluding hydrogens is 318 g/mol. The normalized spacial score (nSPS) is 19.1. The van der Waals surface area contributed by atoms with E-state index in [1.54, 1.807) is 6.92 Å². The number of hydrogen-bond donors (Lipinski definition) is 1. The standard InChI is InChI=1S/C16H21NO5S/c1-5-21-16(20)13-9(3)10(4)23-14(13)17-12(18)7-22-15(19)11-6-8(11)2/h8,11H,5-7H2,1-4H3,(H,17,18)/t8-,11+/m0/s1. The summed E-state index contributed by atoms with van der Waals surface area (Å²) in [5.74, 6) is -1.00. The Morgan fingerprint density at radius 1 is 1.26 bits per heavy atom. The van der Waals surface area contributed by atoms with E-state index in [0.717, 1.165) is 16.9 Å². The summed E-state index contributed by atoms with van der Waals surface area (Å²) in [7, 11) is 0. The van der Waals surface area contributed by atoms with Gasteiger partial charge < -0.3 is 14.8 Å². The summed E-state index contributed by atoms with van der Waals surface area (Å²) in [6, 6.07) is 0. The first-order valence-electron chi connectivity index (χ1n) is 7.58. The van der Waals surface area contributed by atoms with Crippen molar-refractivity contribution in [1.29, 1.82) is 0 Å². The van der Waals surface area contributed by atoms with Crippen molar-refractivity contribution >= 4 is 34.2 Å². The van der Waals surface area contributed by atoms with Gasteiger partial charge >= 0.3 is 11.9 Å². The molecule has 0 aromatic carbocycles. The summed E-state index contributed by atoms with van der Waals surface area (Å²) in [6.07, 6.45) is 0.816. The molecule has 23 heavy (non-hydrogen) atoms. The van der Waals surface area contributed by atoms with Crippen LogP contribution >= 0.6 is 11.3 Å². The number of hydrogen-bond acceptors (Lipinski definition) is 6. The van der Waals surface area contributed by atoms with Crippen molar-refractivity contribution in [2.45, 2.75) is 34.1 Å². The summed E-state index contributed by atoms with van der Waals surface area (Å²) in [5.41, 5.74) is 1.15. The molecule has 1 aromatic rings. The van der Waals surface area contributed by atoms with Crippen molar-refractivity contribution in [3.8, 4) is 0 Å². The smallest absolute Gasteiger partial charge is 0.341 e.